The standard InChI is InChI=1S/C18H22FNO/c1-12-4-7-18(15(8-12)9-14(3)20)21-11-16-10-17(19)6-5-13(16)2/h4-8,10,14H,9,11,20H2,1-3H3. The molecule has 0 bridgehead atoms. The molecule has 112 valence electrons. The van der Waals surface area contributed by atoms with Crippen molar-refractivity contribution in [3.05, 3.63) is 64.5 Å². The van der Waals surface area contributed by atoms with E-state index < -0.39 is 0 Å². The first-order valence-electron chi connectivity index (χ1n) is 7.18. The topological polar surface area (TPSA) is 35.2 Å². The van der Waals surface area contributed by atoms with E-state index >= 15 is 0 Å². The molecule has 0 aliphatic heterocycles. The zero-order chi connectivity index (χ0) is 15.4. The molecule has 0 saturated carbocycles. The molecule has 21 heavy (non-hydrogen) atoms. The van der Waals surface area contributed by atoms with Crippen molar-refractivity contribution >= 4 is 0 Å². The molecule has 2 aromatic rings. The molecule has 3 heteroatoms. The lowest BCUT2D eigenvalue weighted by atomic mass is 10.0. The van der Waals surface area contributed by atoms with Gasteiger partial charge in [-0.3, -0.25) is 0 Å². The van der Waals surface area contributed by atoms with Gasteiger partial charge in [0.1, 0.15) is 18.2 Å². The van der Waals surface area contributed by atoms with Crippen LogP contribution < -0.4 is 10.5 Å². The van der Waals surface area contributed by atoms with Gasteiger partial charge in [-0.25, -0.2) is 4.39 Å². The Hall–Kier alpha value is -1.87. The monoisotopic (exact) mass is 287 g/mol. The van der Waals surface area contributed by atoms with Crippen LogP contribution in [0.15, 0.2) is 36.4 Å². The molecule has 2 N–H and O–H groups in total. The molecule has 0 aliphatic carbocycles. The van der Waals surface area contributed by atoms with Crippen LogP contribution in [-0.2, 0) is 13.0 Å². The molecule has 0 fully saturated rings. The normalized spacial score (nSPS) is 12.2. The van der Waals surface area contributed by atoms with E-state index in [2.05, 4.69) is 6.07 Å². The average Bonchev–Trinajstić information content (AvgIpc) is 2.41. The minimum Gasteiger partial charge on any atom is -0.489 e. The Kier molecular flexibility index (Phi) is 4.97. The molecule has 2 nitrogen and oxygen atoms in total. The van der Waals surface area contributed by atoms with E-state index in [0.717, 1.165) is 28.9 Å². The Morgan fingerprint density at radius 1 is 1.10 bits per heavy atom. The van der Waals surface area contributed by atoms with Gasteiger partial charge in [-0.05, 0) is 62.1 Å². The molecule has 1 unspecified atom stereocenters. The van der Waals surface area contributed by atoms with Crippen molar-refractivity contribution in [2.24, 2.45) is 5.73 Å². The van der Waals surface area contributed by atoms with Crippen LogP contribution in [-0.4, -0.2) is 6.04 Å². The predicted octanol–water partition coefficient (Wildman–Crippen LogP) is 3.91. The van der Waals surface area contributed by atoms with Gasteiger partial charge in [-0.15, -0.1) is 0 Å². The van der Waals surface area contributed by atoms with Gasteiger partial charge >= 0.3 is 0 Å². The third kappa shape index (κ3) is 4.30. The van der Waals surface area contributed by atoms with Gasteiger partial charge in [-0.1, -0.05) is 23.8 Å². The zero-order valence-corrected chi connectivity index (χ0v) is 12.8. The summed E-state index contributed by atoms with van der Waals surface area (Å²) in [4.78, 5) is 0. The highest BCUT2D eigenvalue weighted by Gasteiger charge is 2.08. The number of nitrogens with two attached hydrogens (primary N) is 1. The van der Waals surface area contributed by atoms with Crippen LogP contribution in [0.4, 0.5) is 4.39 Å². The van der Waals surface area contributed by atoms with Gasteiger partial charge < -0.3 is 10.5 Å². The number of hydrogen-bond acceptors (Lipinski definition) is 2. The number of hydrogen-bond donors (Lipinski definition) is 1. The minimum atomic E-state index is -0.237. The first-order chi connectivity index (χ1) is 9.95. The second-order valence-corrected chi connectivity index (χ2v) is 5.65. The summed E-state index contributed by atoms with van der Waals surface area (Å²) in [6.07, 6.45) is 0.763. The van der Waals surface area contributed by atoms with E-state index in [1.54, 1.807) is 6.07 Å². The lowest BCUT2D eigenvalue weighted by molar-refractivity contribution is 0.301. The summed E-state index contributed by atoms with van der Waals surface area (Å²) in [5.41, 5.74) is 10.1. The van der Waals surface area contributed by atoms with Gasteiger partial charge in [0.15, 0.2) is 0 Å². The van der Waals surface area contributed by atoms with Crippen molar-refractivity contribution in [2.45, 2.75) is 39.8 Å². The Labute approximate surface area is 125 Å². The number of rotatable bonds is 5. The molecule has 0 saturated heterocycles. The number of halogens is 1. The first kappa shape index (κ1) is 15.5. The molecule has 2 rings (SSSR count). The zero-order valence-electron chi connectivity index (χ0n) is 12.8. The van der Waals surface area contributed by atoms with Crippen LogP contribution in [0.2, 0.25) is 0 Å². The predicted molar refractivity (Wildman–Crippen MR) is 84.0 cm³/mol. The van der Waals surface area contributed by atoms with Gasteiger partial charge in [-0.2, -0.15) is 0 Å². The fourth-order valence-electron chi connectivity index (χ4n) is 2.31. The van der Waals surface area contributed by atoms with Gasteiger partial charge in [0.2, 0.25) is 0 Å². The SMILES string of the molecule is Cc1ccc(OCc2cc(F)ccc2C)c(CC(C)N)c1. The third-order valence-corrected chi connectivity index (χ3v) is 3.45. The second kappa shape index (κ2) is 6.72. The van der Waals surface area contributed by atoms with E-state index in [4.69, 9.17) is 10.5 Å². The van der Waals surface area contributed by atoms with Crippen LogP contribution in [0, 0.1) is 19.7 Å². The van der Waals surface area contributed by atoms with Crippen LogP contribution in [0.1, 0.15) is 29.2 Å². The van der Waals surface area contributed by atoms with E-state index in [1.807, 2.05) is 32.9 Å². The van der Waals surface area contributed by atoms with Gasteiger partial charge in [0.05, 0.1) is 0 Å². The Morgan fingerprint density at radius 3 is 2.57 bits per heavy atom. The van der Waals surface area contributed by atoms with Crippen molar-refractivity contribution in [2.75, 3.05) is 0 Å². The molecule has 0 heterocycles. The fraction of sp³-hybridized carbons (Fsp3) is 0.333. The molecular formula is C18H22FNO. The highest BCUT2D eigenvalue weighted by molar-refractivity contribution is 5.38. The smallest absolute Gasteiger partial charge is 0.123 e. The van der Waals surface area contributed by atoms with Crippen molar-refractivity contribution in [3.63, 3.8) is 0 Å². The lowest BCUT2D eigenvalue weighted by Crippen LogP contribution is -2.18. The van der Waals surface area contributed by atoms with Crippen molar-refractivity contribution in [1.29, 1.82) is 0 Å². The lowest BCUT2D eigenvalue weighted by Gasteiger charge is -2.15. The molecule has 0 amide bonds. The van der Waals surface area contributed by atoms with Crippen molar-refractivity contribution in [3.8, 4) is 5.75 Å². The molecule has 0 spiro atoms. The largest absolute Gasteiger partial charge is 0.489 e. The average molecular weight is 287 g/mol. The maximum atomic E-state index is 13.3. The van der Waals surface area contributed by atoms with Crippen LogP contribution in [0.5, 0.6) is 5.75 Å². The fourth-order valence-corrected chi connectivity index (χ4v) is 2.31. The van der Waals surface area contributed by atoms with Crippen LogP contribution in [0.25, 0.3) is 0 Å². The van der Waals surface area contributed by atoms with Crippen LogP contribution in [0.3, 0.4) is 0 Å². The molecule has 0 aromatic heterocycles. The molecule has 0 aliphatic rings. The Morgan fingerprint density at radius 2 is 1.86 bits per heavy atom. The summed E-state index contributed by atoms with van der Waals surface area (Å²) < 4.78 is 19.2. The molecular weight excluding hydrogens is 265 g/mol. The molecule has 0 radical (unpaired) electrons. The number of aryl methyl sites for hydroxylation is 2. The molecule has 2 aromatic carbocycles. The minimum absolute atomic E-state index is 0.0741. The summed E-state index contributed by atoms with van der Waals surface area (Å²) in [6.45, 7) is 6.34. The van der Waals surface area contributed by atoms with Crippen molar-refractivity contribution < 1.29 is 9.13 Å². The summed E-state index contributed by atoms with van der Waals surface area (Å²) in [5.74, 6) is 0.584. The number of benzene rings is 2. The third-order valence-electron chi connectivity index (χ3n) is 3.45. The second-order valence-electron chi connectivity index (χ2n) is 5.65. The van der Waals surface area contributed by atoms with Crippen LogP contribution >= 0.6 is 0 Å². The van der Waals surface area contributed by atoms with E-state index in [0.29, 0.717) is 6.61 Å². The number of ether oxygens (including phenoxy) is 1. The highest BCUT2D eigenvalue weighted by Crippen LogP contribution is 2.23. The quantitative estimate of drug-likeness (QED) is 0.905. The molecule has 1 atom stereocenters. The Bertz CT molecular complexity index is 623. The summed E-state index contributed by atoms with van der Waals surface area (Å²) >= 11 is 0. The van der Waals surface area contributed by atoms with E-state index in [1.165, 1.54) is 17.7 Å². The van der Waals surface area contributed by atoms with Crippen molar-refractivity contribution in [1.82, 2.24) is 0 Å². The van der Waals surface area contributed by atoms with E-state index in [-0.39, 0.29) is 11.9 Å². The Balaban J connectivity index is 2.17. The first-order valence-corrected chi connectivity index (χ1v) is 7.18. The maximum absolute atomic E-state index is 13.3. The summed E-state index contributed by atoms with van der Waals surface area (Å²) in [7, 11) is 0. The summed E-state index contributed by atoms with van der Waals surface area (Å²) in [6, 6.07) is 10.9. The summed E-state index contributed by atoms with van der Waals surface area (Å²) in [5, 5.41) is 0. The highest BCUT2D eigenvalue weighted by atomic mass is 19.1. The van der Waals surface area contributed by atoms with E-state index in [9.17, 15) is 4.39 Å². The maximum Gasteiger partial charge on any atom is 0.123 e. The van der Waals surface area contributed by atoms with Gasteiger partial charge in [0.25, 0.3) is 0 Å². The van der Waals surface area contributed by atoms with Gasteiger partial charge in [0, 0.05) is 6.04 Å².